The van der Waals surface area contributed by atoms with Gasteiger partial charge in [-0.2, -0.15) is 0 Å². The van der Waals surface area contributed by atoms with Crippen molar-refractivity contribution < 1.29 is 33.5 Å². The molecule has 1 amide bonds. The zero-order chi connectivity index (χ0) is 22.1. The molecular weight excluding hydrogens is 418 g/mol. The van der Waals surface area contributed by atoms with Crippen LogP contribution in [0, 0.1) is 10.1 Å². The van der Waals surface area contributed by atoms with Gasteiger partial charge in [0.25, 0.3) is 11.6 Å². The van der Waals surface area contributed by atoms with Crippen LogP contribution in [0.25, 0.3) is 0 Å². The molecule has 160 valence electrons. The number of carbonyl (C=O) groups excluding carboxylic acids is 1. The standard InChI is InChI=1S/C18H19N3O8S/c22-15-9-11(10-16(23)17(15)24)18(25)20-7-5-12(6-8-20)19-30(28,29)14-3-1-13(2-4-14)21(26)27/h1-4,9-10,12,19,22-24H,5-8H2. The number of phenolic OH excluding ortho intramolecular Hbond substituents is 3. The second kappa shape index (κ2) is 8.16. The Hall–Kier alpha value is -3.38. The minimum atomic E-state index is -3.88. The molecule has 1 aliphatic rings. The monoisotopic (exact) mass is 437 g/mol. The number of rotatable bonds is 5. The van der Waals surface area contributed by atoms with E-state index in [9.17, 15) is 38.6 Å². The van der Waals surface area contributed by atoms with Gasteiger partial charge in [0.15, 0.2) is 17.2 Å². The Kier molecular flexibility index (Phi) is 5.80. The third kappa shape index (κ3) is 4.44. The summed E-state index contributed by atoms with van der Waals surface area (Å²) < 4.78 is 27.5. The van der Waals surface area contributed by atoms with E-state index in [0.717, 1.165) is 36.4 Å². The lowest BCUT2D eigenvalue weighted by atomic mass is 10.0. The van der Waals surface area contributed by atoms with Gasteiger partial charge in [0.1, 0.15) is 0 Å². The summed E-state index contributed by atoms with van der Waals surface area (Å²) in [7, 11) is -3.88. The molecule has 2 aromatic carbocycles. The maximum absolute atomic E-state index is 12.5. The number of non-ortho nitro benzene ring substituents is 1. The highest BCUT2D eigenvalue weighted by Crippen LogP contribution is 2.35. The largest absolute Gasteiger partial charge is 0.504 e. The molecule has 0 saturated carbocycles. The fraction of sp³-hybridized carbons (Fsp3) is 0.278. The molecule has 1 heterocycles. The van der Waals surface area contributed by atoms with E-state index in [2.05, 4.69) is 4.72 Å². The molecule has 0 radical (unpaired) electrons. The van der Waals surface area contributed by atoms with Gasteiger partial charge in [-0.15, -0.1) is 0 Å². The van der Waals surface area contributed by atoms with E-state index >= 15 is 0 Å². The van der Waals surface area contributed by atoms with E-state index in [1.54, 1.807) is 0 Å². The van der Waals surface area contributed by atoms with Crippen LogP contribution in [0.4, 0.5) is 5.69 Å². The van der Waals surface area contributed by atoms with Crippen LogP contribution in [0.5, 0.6) is 17.2 Å². The lowest BCUT2D eigenvalue weighted by Crippen LogP contribution is -2.46. The van der Waals surface area contributed by atoms with Crippen molar-refractivity contribution >= 4 is 21.6 Å². The number of sulfonamides is 1. The lowest BCUT2D eigenvalue weighted by Gasteiger charge is -2.32. The van der Waals surface area contributed by atoms with Crippen LogP contribution in [0.15, 0.2) is 41.3 Å². The Bertz CT molecular complexity index is 1050. The molecule has 30 heavy (non-hydrogen) atoms. The van der Waals surface area contributed by atoms with Crippen LogP contribution in [0.2, 0.25) is 0 Å². The summed E-state index contributed by atoms with van der Waals surface area (Å²) in [5, 5.41) is 39.2. The highest BCUT2D eigenvalue weighted by Gasteiger charge is 2.28. The topological polar surface area (TPSA) is 170 Å². The number of amides is 1. The SMILES string of the molecule is O=C(c1cc(O)c(O)c(O)c1)N1CCC(NS(=O)(=O)c2ccc([N+](=O)[O-])cc2)CC1. The fourth-order valence-electron chi connectivity index (χ4n) is 3.15. The van der Waals surface area contributed by atoms with Crippen LogP contribution in [-0.4, -0.2) is 58.6 Å². The maximum Gasteiger partial charge on any atom is 0.269 e. The molecule has 12 heteroatoms. The zero-order valence-electron chi connectivity index (χ0n) is 15.6. The van der Waals surface area contributed by atoms with Crippen molar-refractivity contribution in [2.24, 2.45) is 0 Å². The molecule has 3 rings (SSSR count). The van der Waals surface area contributed by atoms with Crippen LogP contribution >= 0.6 is 0 Å². The molecule has 1 fully saturated rings. The van der Waals surface area contributed by atoms with Gasteiger partial charge in [0.2, 0.25) is 10.0 Å². The highest BCUT2D eigenvalue weighted by molar-refractivity contribution is 7.89. The minimum absolute atomic E-state index is 0.00675. The Labute approximate surface area is 171 Å². The first-order chi connectivity index (χ1) is 14.1. The highest BCUT2D eigenvalue weighted by atomic mass is 32.2. The Balaban J connectivity index is 1.62. The van der Waals surface area contributed by atoms with Gasteiger partial charge in [-0.3, -0.25) is 14.9 Å². The summed E-state index contributed by atoms with van der Waals surface area (Å²) in [5.74, 6) is -2.43. The molecule has 0 unspecified atom stereocenters. The number of nitrogens with one attached hydrogen (secondary N) is 1. The Morgan fingerprint density at radius 1 is 1.07 bits per heavy atom. The number of likely N-dealkylation sites (tertiary alicyclic amines) is 1. The predicted octanol–water partition coefficient (Wildman–Crippen LogP) is 1.29. The number of aromatic hydroxyl groups is 3. The smallest absolute Gasteiger partial charge is 0.269 e. The van der Waals surface area contributed by atoms with Crippen LogP contribution in [0.3, 0.4) is 0 Å². The number of phenols is 3. The third-order valence-electron chi connectivity index (χ3n) is 4.78. The molecule has 0 aliphatic carbocycles. The number of hydrogen-bond acceptors (Lipinski definition) is 8. The molecule has 0 spiro atoms. The maximum atomic E-state index is 12.5. The summed E-state index contributed by atoms with van der Waals surface area (Å²) in [6, 6.07) is 6.18. The number of piperidine rings is 1. The van der Waals surface area contributed by atoms with E-state index in [-0.39, 0.29) is 29.2 Å². The Morgan fingerprint density at radius 3 is 2.10 bits per heavy atom. The van der Waals surface area contributed by atoms with Gasteiger partial charge in [0, 0.05) is 36.8 Å². The molecule has 0 aromatic heterocycles. The predicted molar refractivity (Wildman–Crippen MR) is 104 cm³/mol. The van der Waals surface area contributed by atoms with Gasteiger partial charge < -0.3 is 20.2 Å². The van der Waals surface area contributed by atoms with Crippen molar-refractivity contribution in [3.05, 3.63) is 52.1 Å². The number of hydrogen-bond donors (Lipinski definition) is 4. The van der Waals surface area contributed by atoms with Crippen molar-refractivity contribution in [1.29, 1.82) is 0 Å². The number of nitro benzene ring substituents is 1. The summed E-state index contributed by atoms with van der Waals surface area (Å²) in [6.45, 7) is 0.462. The van der Waals surface area contributed by atoms with Crippen molar-refractivity contribution in [2.75, 3.05) is 13.1 Å². The molecule has 1 aliphatic heterocycles. The average Bonchev–Trinajstić information content (AvgIpc) is 2.71. The molecule has 11 nitrogen and oxygen atoms in total. The molecule has 4 N–H and O–H groups in total. The number of nitro groups is 1. The first kappa shape index (κ1) is 21.3. The summed E-state index contributed by atoms with van der Waals surface area (Å²) in [6.07, 6.45) is 0.655. The summed E-state index contributed by atoms with van der Waals surface area (Å²) in [4.78, 5) is 24.0. The number of carbonyl (C=O) groups is 1. The lowest BCUT2D eigenvalue weighted by molar-refractivity contribution is -0.384. The van der Waals surface area contributed by atoms with Gasteiger partial charge >= 0.3 is 0 Å². The molecule has 0 bridgehead atoms. The van der Waals surface area contributed by atoms with Crippen molar-refractivity contribution in [1.82, 2.24) is 9.62 Å². The van der Waals surface area contributed by atoms with Gasteiger partial charge in [0.05, 0.1) is 9.82 Å². The summed E-state index contributed by atoms with van der Waals surface area (Å²) in [5.41, 5.74) is -0.222. The Morgan fingerprint density at radius 2 is 1.60 bits per heavy atom. The van der Waals surface area contributed by atoms with E-state index in [1.807, 2.05) is 0 Å². The average molecular weight is 437 g/mol. The fourth-order valence-corrected chi connectivity index (χ4v) is 4.45. The zero-order valence-corrected chi connectivity index (χ0v) is 16.4. The summed E-state index contributed by atoms with van der Waals surface area (Å²) >= 11 is 0. The van der Waals surface area contributed by atoms with Gasteiger partial charge in [-0.25, -0.2) is 13.1 Å². The first-order valence-electron chi connectivity index (χ1n) is 8.89. The van der Waals surface area contributed by atoms with Crippen LogP contribution in [-0.2, 0) is 10.0 Å². The van der Waals surface area contributed by atoms with E-state index < -0.39 is 44.1 Å². The van der Waals surface area contributed by atoms with Gasteiger partial charge in [-0.1, -0.05) is 0 Å². The van der Waals surface area contributed by atoms with Gasteiger partial charge in [-0.05, 0) is 37.1 Å². The van der Waals surface area contributed by atoms with Crippen molar-refractivity contribution in [3.8, 4) is 17.2 Å². The van der Waals surface area contributed by atoms with Crippen LogP contribution < -0.4 is 4.72 Å². The molecule has 2 aromatic rings. The minimum Gasteiger partial charge on any atom is -0.504 e. The normalized spacial score (nSPS) is 15.1. The first-order valence-corrected chi connectivity index (χ1v) is 10.4. The van der Waals surface area contributed by atoms with Crippen LogP contribution in [0.1, 0.15) is 23.2 Å². The second-order valence-electron chi connectivity index (χ2n) is 6.80. The van der Waals surface area contributed by atoms with Crippen molar-refractivity contribution in [2.45, 2.75) is 23.8 Å². The van der Waals surface area contributed by atoms with E-state index in [0.29, 0.717) is 12.8 Å². The number of benzene rings is 2. The molecular formula is C18H19N3O8S. The quantitative estimate of drug-likeness (QED) is 0.308. The third-order valence-corrected chi connectivity index (χ3v) is 6.31. The van der Waals surface area contributed by atoms with Crippen molar-refractivity contribution in [3.63, 3.8) is 0 Å². The second-order valence-corrected chi connectivity index (χ2v) is 8.52. The van der Waals surface area contributed by atoms with E-state index in [1.165, 1.54) is 4.90 Å². The van der Waals surface area contributed by atoms with E-state index in [4.69, 9.17) is 0 Å². The molecule has 0 atom stereocenters. The molecule has 1 saturated heterocycles. The number of nitrogens with zero attached hydrogens (tertiary/aromatic N) is 2.